The number of carbonyl (C=O) groups is 2. The van der Waals surface area contributed by atoms with Crippen molar-refractivity contribution in [3.05, 3.63) is 33.8 Å². The molecule has 5 nitrogen and oxygen atoms in total. The molecule has 0 bridgehead atoms. The zero-order valence-corrected chi connectivity index (χ0v) is 12.5. The highest BCUT2D eigenvalue weighted by Crippen LogP contribution is 2.17. The Labute approximate surface area is 125 Å². The molecule has 2 N–H and O–H groups in total. The van der Waals surface area contributed by atoms with Crippen molar-refractivity contribution in [2.24, 2.45) is 5.92 Å². The van der Waals surface area contributed by atoms with Crippen LogP contribution in [0.15, 0.2) is 22.7 Å². The summed E-state index contributed by atoms with van der Waals surface area (Å²) in [5, 5.41) is 11.8. The normalized spacial score (nSPS) is 15.8. The summed E-state index contributed by atoms with van der Waals surface area (Å²) in [5.41, 5.74) is 0.444. The number of ether oxygens (including phenoxy) is 1. The molecular formula is C14H16BrNO4. The molecular weight excluding hydrogens is 326 g/mol. The summed E-state index contributed by atoms with van der Waals surface area (Å²) < 4.78 is 5.84. The molecule has 2 rings (SSSR count). The van der Waals surface area contributed by atoms with E-state index in [1.54, 1.807) is 6.07 Å². The fourth-order valence-corrected chi connectivity index (χ4v) is 2.63. The quantitative estimate of drug-likeness (QED) is 0.880. The predicted molar refractivity (Wildman–Crippen MR) is 77.0 cm³/mol. The van der Waals surface area contributed by atoms with E-state index in [0.717, 1.165) is 26.1 Å². The number of benzene rings is 1. The lowest BCUT2D eigenvalue weighted by Gasteiger charge is -2.22. The summed E-state index contributed by atoms with van der Waals surface area (Å²) in [7, 11) is 0. The lowest BCUT2D eigenvalue weighted by Crippen LogP contribution is -2.32. The minimum atomic E-state index is -1.05. The summed E-state index contributed by atoms with van der Waals surface area (Å²) in [6, 6.07) is 4.47. The maximum Gasteiger partial charge on any atom is 0.335 e. The molecule has 0 spiro atoms. The number of carbonyl (C=O) groups excluding carboxylic acids is 1. The number of hydrogen-bond acceptors (Lipinski definition) is 3. The molecule has 0 aromatic heterocycles. The van der Waals surface area contributed by atoms with Crippen molar-refractivity contribution in [3.8, 4) is 0 Å². The van der Waals surface area contributed by atoms with Crippen molar-refractivity contribution < 1.29 is 19.4 Å². The molecule has 1 heterocycles. The molecule has 1 aromatic rings. The second-order valence-corrected chi connectivity index (χ2v) is 5.72. The summed E-state index contributed by atoms with van der Waals surface area (Å²) in [5.74, 6) is -0.871. The molecule has 0 saturated carbocycles. The second-order valence-electron chi connectivity index (χ2n) is 4.80. The first-order valence-corrected chi connectivity index (χ1v) is 7.25. The van der Waals surface area contributed by atoms with Crippen molar-refractivity contribution in [3.63, 3.8) is 0 Å². The van der Waals surface area contributed by atoms with Crippen LogP contribution in [0.1, 0.15) is 33.6 Å². The fourth-order valence-electron chi connectivity index (χ4n) is 2.13. The SMILES string of the molecule is O=C(O)c1cc(Br)cc(C(=O)NCC2CCOCC2)c1. The Morgan fingerprint density at radius 3 is 2.55 bits per heavy atom. The molecule has 0 aliphatic carbocycles. The van der Waals surface area contributed by atoms with E-state index in [-0.39, 0.29) is 11.5 Å². The van der Waals surface area contributed by atoms with E-state index >= 15 is 0 Å². The number of halogens is 1. The van der Waals surface area contributed by atoms with Crippen LogP contribution in [0, 0.1) is 5.92 Å². The van der Waals surface area contributed by atoms with Gasteiger partial charge in [0.05, 0.1) is 5.56 Å². The van der Waals surface area contributed by atoms with Gasteiger partial charge in [-0.15, -0.1) is 0 Å². The highest BCUT2D eigenvalue weighted by molar-refractivity contribution is 9.10. The van der Waals surface area contributed by atoms with Gasteiger partial charge in [0.25, 0.3) is 5.91 Å². The Morgan fingerprint density at radius 1 is 1.25 bits per heavy atom. The average Bonchev–Trinajstić information content (AvgIpc) is 2.45. The van der Waals surface area contributed by atoms with E-state index in [9.17, 15) is 9.59 Å². The first-order valence-electron chi connectivity index (χ1n) is 6.46. The number of nitrogens with one attached hydrogen (secondary N) is 1. The van der Waals surface area contributed by atoms with E-state index < -0.39 is 5.97 Å². The van der Waals surface area contributed by atoms with Crippen LogP contribution in [0.3, 0.4) is 0 Å². The first-order chi connectivity index (χ1) is 9.56. The van der Waals surface area contributed by atoms with Crippen LogP contribution in [0.2, 0.25) is 0 Å². The van der Waals surface area contributed by atoms with Crippen LogP contribution in [-0.4, -0.2) is 36.7 Å². The van der Waals surface area contributed by atoms with Gasteiger partial charge in [0, 0.05) is 29.8 Å². The Morgan fingerprint density at radius 2 is 1.90 bits per heavy atom. The lowest BCUT2D eigenvalue weighted by atomic mass is 10.0. The van der Waals surface area contributed by atoms with Crippen molar-refractivity contribution in [2.45, 2.75) is 12.8 Å². The minimum absolute atomic E-state index is 0.0931. The standard InChI is InChI=1S/C14H16BrNO4/c15-12-6-10(5-11(7-12)14(18)19)13(17)16-8-9-1-3-20-4-2-9/h5-7,9H,1-4,8H2,(H,16,17)(H,18,19). The molecule has 0 unspecified atom stereocenters. The van der Waals surface area contributed by atoms with Gasteiger partial charge in [-0.05, 0) is 37.0 Å². The van der Waals surface area contributed by atoms with Crippen LogP contribution in [0.4, 0.5) is 0 Å². The molecule has 0 atom stereocenters. The van der Waals surface area contributed by atoms with Gasteiger partial charge >= 0.3 is 5.97 Å². The molecule has 6 heteroatoms. The van der Waals surface area contributed by atoms with Gasteiger partial charge < -0.3 is 15.2 Å². The van der Waals surface area contributed by atoms with Crippen LogP contribution >= 0.6 is 15.9 Å². The summed E-state index contributed by atoms with van der Waals surface area (Å²) in [6.45, 7) is 2.07. The number of carboxylic acid groups (broad SMARTS) is 1. The van der Waals surface area contributed by atoms with Gasteiger partial charge in [-0.1, -0.05) is 15.9 Å². The Balaban J connectivity index is 1.99. The summed E-state index contributed by atoms with van der Waals surface area (Å²) >= 11 is 3.22. The smallest absolute Gasteiger partial charge is 0.335 e. The summed E-state index contributed by atoms with van der Waals surface area (Å²) in [6.07, 6.45) is 1.89. The zero-order valence-electron chi connectivity index (χ0n) is 10.9. The van der Waals surface area contributed by atoms with Crippen LogP contribution in [-0.2, 0) is 4.74 Å². The third kappa shape index (κ3) is 4.05. The fraction of sp³-hybridized carbons (Fsp3) is 0.429. The number of aromatic carboxylic acids is 1. The molecule has 1 saturated heterocycles. The molecule has 20 heavy (non-hydrogen) atoms. The monoisotopic (exact) mass is 341 g/mol. The maximum absolute atomic E-state index is 12.1. The van der Waals surface area contributed by atoms with Gasteiger partial charge in [-0.3, -0.25) is 4.79 Å². The van der Waals surface area contributed by atoms with Crippen molar-refractivity contribution >= 4 is 27.8 Å². The van der Waals surface area contributed by atoms with Crippen LogP contribution in [0.5, 0.6) is 0 Å². The van der Waals surface area contributed by atoms with Crippen molar-refractivity contribution in [1.82, 2.24) is 5.32 Å². The number of hydrogen-bond donors (Lipinski definition) is 2. The highest BCUT2D eigenvalue weighted by Gasteiger charge is 2.16. The van der Waals surface area contributed by atoms with E-state index in [2.05, 4.69) is 21.2 Å². The molecule has 1 amide bonds. The van der Waals surface area contributed by atoms with E-state index in [0.29, 0.717) is 22.5 Å². The van der Waals surface area contributed by atoms with Gasteiger partial charge in [0.2, 0.25) is 0 Å². The number of amides is 1. The minimum Gasteiger partial charge on any atom is -0.478 e. The Hall–Kier alpha value is -1.40. The van der Waals surface area contributed by atoms with Crippen molar-refractivity contribution in [1.29, 1.82) is 0 Å². The van der Waals surface area contributed by atoms with E-state index in [1.807, 2.05) is 0 Å². The number of rotatable bonds is 4. The third-order valence-electron chi connectivity index (χ3n) is 3.30. The Kier molecular flexibility index (Phi) is 5.14. The zero-order chi connectivity index (χ0) is 14.5. The molecule has 1 aliphatic heterocycles. The molecule has 1 fully saturated rings. The largest absolute Gasteiger partial charge is 0.478 e. The Bertz CT molecular complexity index is 512. The maximum atomic E-state index is 12.1. The van der Waals surface area contributed by atoms with Gasteiger partial charge in [0.1, 0.15) is 0 Å². The van der Waals surface area contributed by atoms with Gasteiger partial charge in [-0.2, -0.15) is 0 Å². The molecule has 108 valence electrons. The molecule has 1 aromatic carbocycles. The van der Waals surface area contributed by atoms with E-state index in [1.165, 1.54) is 12.1 Å². The summed E-state index contributed by atoms with van der Waals surface area (Å²) in [4.78, 5) is 23.0. The van der Waals surface area contributed by atoms with E-state index in [4.69, 9.17) is 9.84 Å². The molecule has 0 radical (unpaired) electrons. The lowest BCUT2D eigenvalue weighted by molar-refractivity contribution is 0.0642. The second kappa shape index (κ2) is 6.85. The first kappa shape index (κ1) is 15.0. The third-order valence-corrected chi connectivity index (χ3v) is 3.76. The average molecular weight is 342 g/mol. The van der Waals surface area contributed by atoms with Crippen molar-refractivity contribution in [2.75, 3.05) is 19.8 Å². The predicted octanol–water partition coefficient (Wildman–Crippen LogP) is 2.30. The highest BCUT2D eigenvalue weighted by atomic mass is 79.9. The molecule has 1 aliphatic rings. The number of carboxylic acids is 1. The van der Waals surface area contributed by atoms with Crippen LogP contribution in [0.25, 0.3) is 0 Å². The van der Waals surface area contributed by atoms with Gasteiger partial charge in [-0.25, -0.2) is 4.79 Å². The van der Waals surface area contributed by atoms with Crippen LogP contribution < -0.4 is 5.32 Å². The topological polar surface area (TPSA) is 75.6 Å². The van der Waals surface area contributed by atoms with Gasteiger partial charge in [0.15, 0.2) is 0 Å².